The minimum atomic E-state index is -1.36. The number of hydroxylamine groups is 1. The number of hydrogen-bond donors (Lipinski definition) is 2. The molecule has 1 aliphatic heterocycles. The maximum Gasteiger partial charge on any atom is 0.292 e. The second kappa shape index (κ2) is 9.36. The van der Waals surface area contributed by atoms with E-state index in [0.29, 0.717) is 12.1 Å². The van der Waals surface area contributed by atoms with E-state index < -0.39 is 41.4 Å². The van der Waals surface area contributed by atoms with Gasteiger partial charge in [-0.2, -0.15) is 0 Å². The van der Waals surface area contributed by atoms with Gasteiger partial charge in [-0.1, -0.05) is 25.8 Å². The Morgan fingerprint density at radius 1 is 1.17 bits per heavy atom. The minimum Gasteiger partial charge on any atom is -0.314 e. The van der Waals surface area contributed by atoms with Crippen LogP contribution in [0.15, 0.2) is 48.9 Å². The van der Waals surface area contributed by atoms with Crippen molar-refractivity contribution in [3.8, 4) is 0 Å². The van der Waals surface area contributed by atoms with Crippen molar-refractivity contribution >= 4 is 23.4 Å². The van der Waals surface area contributed by atoms with Crippen molar-refractivity contribution in [2.45, 2.75) is 38.3 Å². The quantitative estimate of drug-likeness (QED) is 0.222. The van der Waals surface area contributed by atoms with Crippen LogP contribution in [-0.2, 0) is 14.4 Å². The van der Waals surface area contributed by atoms with Gasteiger partial charge in [0.25, 0.3) is 11.8 Å². The molecule has 3 rings (SSSR count). The second-order valence-corrected chi connectivity index (χ2v) is 6.99. The van der Waals surface area contributed by atoms with Crippen LogP contribution < -0.4 is 5.48 Å². The van der Waals surface area contributed by atoms with Gasteiger partial charge in [-0.05, 0) is 30.7 Å². The molecule has 156 valence electrons. The van der Waals surface area contributed by atoms with E-state index in [1.54, 1.807) is 23.7 Å². The van der Waals surface area contributed by atoms with Crippen LogP contribution >= 0.6 is 0 Å². The van der Waals surface area contributed by atoms with Crippen molar-refractivity contribution in [3.63, 3.8) is 0 Å². The number of likely N-dealkylation sites (tertiary alicyclic amines) is 1. The third kappa shape index (κ3) is 3.97. The third-order valence-electron chi connectivity index (χ3n) is 5.16. The lowest BCUT2D eigenvalue weighted by molar-refractivity contribution is -0.147. The summed E-state index contributed by atoms with van der Waals surface area (Å²) in [4.78, 5) is 60.8. The number of rotatable bonds is 8. The molecule has 9 heteroatoms. The van der Waals surface area contributed by atoms with Gasteiger partial charge >= 0.3 is 0 Å². The van der Waals surface area contributed by atoms with Crippen LogP contribution in [0.4, 0.5) is 0 Å². The first-order valence-corrected chi connectivity index (χ1v) is 9.66. The number of carbonyl (C=O) groups excluding carboxylic acids is 4. The summed E-state index contributed by atoms with van der Waals surface area (Å²) in [6, 6.07) is 5.69. The van der Waals surface area contributed by atoms with Crippen LogP contribution in [0.1, 0.15) is 48.3 Å². The van der Waals surface area contributed by atoms with E-state index in [0.717, 1.165) is 11.3 Å². The van der Waals surface area contributed by atoms with E-state index in [1.807, 2.05) is 6.92 Å². The summed E-state index contributed by atoms with van der Waals surface area (Å²) in [5.74, 6) is -4.57. The topological polar surface area (TPSA) is 130 Å². The van der Waals surface area contributed by atoms with Crippen molar-refractivity contribution < 1.29 is 24.4 Å². The van der Waals surface area contributed by atoms with Gasteiger partial charge in [0.15, 0.2) is 5.78 Å². The predicted molar refractivity (Wildman–Crippen MR) is 104 cm³/mol. The zero-order chi connectivity index (χ0) is 21.7. The normalized spacial score (nSPS) is 19.6. The van der Waals surface area contributed by atoms with Crippen LogP contribution in [0.25, 0.3) is 0 Å². The molecule has 2 aromatic rings. The second-order valence-electron chi connectivity index (χ2n) is 6.99. The molecule has 30 heavy (non-hydrogen) atoms. The lowest BCUT2D eigenvalue weighted by Gasteiger charge is -2.32. The van der Waals surface area contributed by atoms with Crippen molar-refractivity contribution in [2.24, 2.45) is 5.92 Å². The zero-order valence-corrected chi connectivity index (χ0v) is 16.4. The first kappa shape index (κ1) is 21.3. The fraction of sp³-hybridized carbons (Fsp3) is 0.333. The van der Waals surface area contributed by atoms with Crippen LogP contribution in [0.3, 0.4) is 0 Å². The number of ketones is 2. The minimum absolute atomic E-state index is 0.224. The lowest BCUT2D eigenvalue weighted by atomic mass is 9.88. The van der Waals surface area contributed by atoms with Crippen molar-refractivity contribution in [1.82, 2.24) is 20.3 Å². The molecule has 3 atom stereocenters. The van der Waals surface area contributed by atoms with Gasteiger partial charge in [0.2, 0.25) is 5.78 Å². The largest absolute Gasteiger partial charge is 0.314 e. The Labute approximate surface area is 173 Å². The summed E-state index contributed by atoms with van der Waals surface area (Å²) in [7, 11) is 0. The molecule has 9 nitrogen and oxygen atoms in total. The highest BCUT2D eigenvalue weighted by atomic mass is 16.5. The summed E-state index contributed by atoms with van der Waals surface area (Å²) in [5, 5.41) is 9.22. The Kier molecular flexibility index (Phi) is 6.63. The molecule has 0 aromatic carbocycles. The summed E-state index contributed by atoms with van der Waals surface area (Å²) in [5.41, 5.74) is 2.12. The number of nitrogens with one attached hydrogen (secondary N) is 1. The number of unbranched alkanes of at least 4 members (excludes halogenated alkanes) is 1. The molecule has 1 aliphatic rings. The Balaban J connectivity index is 2.11. The molecule has 3 unspecified atom stereocenters. The number of pyridine rings is 2. The standard InChI is InChI=1S/C21H22N4O5/c1-2-3-7-15(20(28)24-30)25-17(14-6-4-5-10-23-14)16(19(27)21(25)29)18(26)13-8-11-22-12-9-13/h4-6,8-12,15-17,30H,2-3,7H2,1H3,(H,24,28). The Bertz CT molecular complexity index is 935. The summed E-state index contributed by atoms with van der Waals surface area (Å²) in [6.45, 7) is 1.91. The first-order valence-electron chi connectivity index (χ1n) is 9.66. The van der Waals surface area contributed by atoms with Crippen LogP contribution in [0, 0.1) is 5.92 Å². The molecule has 2 N–H and O–H groups in total. The predicted octanol–water partition coefficient (Wildman–Crippen LogP) is 1.49. The van der Waals surface area contributed by atoms with Crippen LogP contribution in [0.5, 0.6) is 0 Å². The van der Waals surface area contributed by atoms with E-state index in [4.69, 9.17) is 0 Å². The maximum absolute atomic E-state index is 13.2. The van der Waals surface area contributed by atoms with Crippen molar-refractivity contribution in [2.75, 3.05) is 0 Å². The number of amides is 2. The number of aromatic nitrogens is 2. The smallest absolute Gasteiger partial charge is 0.292 e. The highest BCUT2D eigenvalue weighted by molar-refractivity contribution is 6.44. The molecular weight excluding hydrogens is 388 g/mol. The maximum atomic E-state index is 13.2. The molecule has 1 saturated heterocycles. The fourth-order valence-electron chi connectivity index (χ4n) is 3.72. The van der Waals surface area contributed by atoms with Crippen molar-refractivity contribution in [1.29, 1.82) is 0 Å². The molecule has 0 radical (unpaired) electrons. The van der Waals surface area contributed by atoms with Crippen LogP contribution in [0.2, 0.25) is 0 Å². The Hall–Kier alpha value is -3.46. The summed E-state index contributed by atoms with van der Waals surface area (Å²) < 4.78 is 0. The Morgan fingerprint density at radius 3 is 2.50 bits per heavy atom. The lowest BCUT2D eigenvalue weighted by Crippen LogP contribution is -2.48. The molecule has 0 bridgehead atoms. The van der Waals surface area contributed by atoms with E-state index in [1.165, 1.54) is 30.7 Å². The van der Waals surface area contributed by atoms with E-state index in [2.05, 4.69) is 9.97 Å². The molecule has 2 aromatic heterocycles. The highest BCUT2D eigenvalue weighted by Crippen LogP contribution is 2.39. The molecule has 2 amide bonds. The monoisotopic (exact) mass is 410 g/mol. The number of carbonyl (C=O) groups is 4. The molecule has 0 spiro atoms. The van der Waals surface area contributed by atoms with Crippen molar-refractivity contribution in [3.05, 3.63) is 60.2 Å². The molecule has 0 saturated carbocycles. The Morgan fingerprint density at radius 2 is 1.90 bits per heavy atom. The van der Waals surface area contributed by atoms with E-state index in [-0.39, 0.29) is 12.0 Å². The van der Waals surface area contributed by atoms with Gasteiger partial charge in [0.1, 0.15) is 12.0 Å². The molecular formula is C21H22N4O5. The molecule has 3 heterocycles. The van der Waals surface area contributed by atoms with Gasteiger partial charge in [-0.25, -0.2) is 5.48 Å². The summed E-state index contributed by atoms with van der Waals surface area (Å²) in [6.07, 6.45) is 5.87. The van der Waals surface area contributed by atoms with Gasteiger partial charge in [-0.3, -0.25) is 34.4 Å². The highest BCUT2D eigenvalue weighted by Gasteiger charge is 2.55. The third-order valence-corrected chi connectivity index (χ3v) is 5.16. The zero-order valence-electron chi connectivity index (χ0n) is 16.4. The average Bonchev–Trinajstić information content (AvgIpc) is 3.05. The van der Waals surface area contributed by atoms with Gasteiger partial charge in [0, 0.05) is 24.2 Å². The number of Topliss-reactive ketones (excluding diaryl/α,β-unsaturated/α-hetero) is 2. The van der Waals surface area contributed by atoms with E-state index in [9.17, 15) is 24.4 Å². The fourth-order valence-corrected chi connectivity index (χ4v) is 3.72. The van der Waals surface area contributed by atoms with Gasteiger partial charge in [0.05, 0.1) is 11.7 Å². The molecule has 1 fully saturated rings. The summed E-state index contributed by atoms with van der Waals surface area (Å²) >= 11 is 0. The average molecular weight is 410 g/mol. The van der Waals surface area contributed by atoms with E-state index >= 15 is 0 Å². The number of hydrogen-bond acceptors (Lipinski definition) is 7. The molecule has 0 aliphatic carbocycles. The SMILES string of the molecule is CCCCC(C(=O)NO)N1C(=O)C(=O)C(C(=O)c2ccncc2)C1c1ccccn1. The van der Waals surface area contributed by atoms with Gasteiger partial charge < -0.3 is 4.90 Å². The first-order chi connectivity index (χ1) is 14.5. The van der Waals surface area contributed by atoms with Gasteiger partial charge in [-0.15, -0.1) is 0 Å². The number of nitrogens with zero attached hydrogens (tertiary/aromatic N) is 3. The van der Waals surface area contributed by atoms with Crippen LogP contribution in [-0.4, -0.2) is 49.5 Å².